The van der Waals surface area contributed by atoms with E-state index in [-0.39, 0.29) is 11.4 Å². The number of allylic oxidation sites excluding steroid dienone is 2. The van der Waals surface area contributed by atoms with Gasteiger partial charge in [0.25, 0.3) is 0 Å². The number of nitrogens with one attached hydrogen (secondary N) is 1. The molecule has 0 saturated carbocycles. The Kier molecular flexibility index (Phi) is 5.10. The van der Waals surface area contributed by atoms with Crippen LogP contribution in [0.15, 0.2) is 36.7 Å². The maximum absolute atomic E-state index is 15.4. The Morgan fingerprint density at radius 3 is 2.94 bits per heavy atom. The van der Waals surface area contributed by atoms with Crippen LogP contribution in [0.25, 0.3) is 5.57 Å². The number of aromatic nitrogens is 1. The normalized spacial score (nSPS) is 16.2. The van der Waals surface area contributed by atoms with E-state index in [9.17, 15) is 5.26 Å². The van der Waals surface area contributed by atoms with Crippen LogP contribution < -0.4 is 20.7 Å². The molecule has 160 valence electrons. The molecule has 0 saturated heterocycles. The molecule has 0 bridgehead atoms. The SMILES string of the molecule is C=C1C(C#N)=CN2c3c(c(NCCCc4ncccc4C)c(F)c(N)c31)OCC2(C)C. The number of halogens is 1. The van der Waals surface area contributed by atoms with E-state index in [0.29, 0.717) is 41.3 Å². The standard InChI is InChI=1S/C24H26FN5O/c1-14-7-5-9-28-17(14)8-6-10-29-21-19(25)20(27)18-15(2)16(11-26)12-30-22(18)23(21)31-13-24(30,3)4/h5,7,9,12,29H,2,6,8,10,13,27H2,1,3-4H3. The van der Waals surface area contributed by atoms with Crippen LogP contribution in [0.3, 0.4) is 0 Å². The van der Waals surface area contributed by atoms with E-state index in [2.05, 4.69) is 22.9 Å². The molecule has 31 heavy (non-hydrogen) atoms. The predicted molar refractivity (Wildman–Crippen MR) is 121 cm³/mol. The van der Waals surface area contributed by atoms with Gasteiger partial charge < -0.3 is 20.7 Å². The number of pyridine rings is 1. The lowest BCUT2D eigenvalue weighted by Crippen LogP contribution is -2.50. The van der Waals surface area contributed by atoms with Gasteiger partial charge in [0.1, 0.15) is 18.4 Å². The number of ether oxygens (including phenoxy) is 1. The number of anilines is 3. The second-order valence-corrected chi connectivity index (χ2v) is 8.56. The Morgan fingerprint density at radius 1 is 1.45 bits per heavy atom. The van der Waals surface area contributed by atoms with Crippen molar-refractivity contribution >= 4 is 22.6 Å². The molecule has 4 rings (SSSR count). The number of nitrogens with zero attached hydrogens (tertiary/aromatic N) is 3. The molecule has 0 fully saturated rings. The topological polar surface area (TPSA) is 87.2 Å². The number of hydrogen-bond donors (Lipinski definition) is 2. The van der Waals surface area contributed by atoms with E-state index in [1.54, 1.807) is 12.4 Å². The molecule has 3 heterocycles. The zero-order valence-electron chi connectivity index (χ0n) is 18.1. The van der Waals surface area contributed by atoms with Crippen LogP contribution in [0, 0.1) is 24.1 Å². The monoisotopic (exact) mass is 419 g/mol. The molecule has 0 unspecified atom stereocenters. The van der Waals surface area contributed by atoms with Gasteiger partial charge in [-0.05, 0) is 50.8 Å². The van der Waals surface area contributed by atoms with E-state index in [0.717, 1.165) is 24.1 Å². The van der Waals surface area contributed by atoms with Crippen LogP contribution in [0.5, 0.6) is 5.75 Å². The highest BCUT2D eigenvalue weighted by atomic mass is 19.1. The van der Waals surface area contributed by atoms with Gasteiger partial charge in [0.15, 0.2) is 11.6 Å². The van der Waals surface area contributed by atoms with Gasteiger partial charge in [-0.1, -0.05) is 12.6 Å². The molecule has 7 heteroatoms. The van der Waals surface area contributed by atoms with Crippen LogP contribution >= 0.6 is 0 Å². The molecule has 0 atom stereocenters. The van der Waals surface area contributed by atoms with Gasteiger partial charge in [-0.25, -0.2) is 4.39 Å². The Hall–Kier alpha value is -3.53. The van der Waals surface area contributed by atoms with Gasteiger partial charge >= 0.3 is 0 Å². The van der Waals surface area contributed by atoms with Gasteiger partial charge in [-0.15, -0.1) is 0 Å². The van der Waals surface area contributed by atoms with Crippen molar-refractivity contribution in [2.45, 2.75) is 39.2 Å². The summed E-state index contributed by atoms with van der Waals surface area (Å²) in [6.07, 6.45) is 5.09. The quantitative estimate of drug-likeness (QED) is 0.545. The van der Waals surface area contributed by atoms with Crippen molar-refractivity contribution in [3.8, 4) is 11.8 Å². The summed E-state index contributed by atoms with van der Waals surface area (Å²) in [6.45, 7) is 10.9. The molecule has 2 aliphatic heterocycles. The number of benzene rings is 1. The summed E-state index contributed by atoms with van der Waals surface area (Å²) in [5, 5.41) is 12.7. The first-order chi connectivity index (χ1) is 14.8. The third kappa shape index (κ3) is 3.38. The van der Waals surface area contributed by atoms with Crippen LogP contribution in [0.1, 0.15) is 37.1 Å². The lowest BCUT2D eigenvalue weighted by molar-refractivity contribution is 0.222. The van der Waals surface area contributed by atoms with Gasteiger partial charge in [-0.2, -0.15) is 5.26 Å². The fourth-order valence-electron chi connectivity index (χ4n) is 4.08. The van der Waals surface area contributed by atoms with Crippen LogP contribution in [-0.4, -0.2) is 23.7 Å². The highest BCUT2D eigenvalue weighted by Crippen LogP contribution is 2.54. The largest absolute Gasteiger partial charge is 0.487 e. The van der Waals surface area contributed by atoms with Crippen molar-refractivity contribution < 1.29 is 9.13 Å². The summed E-state index contributed by atoms with van der Waals surface area (Å²) in [5.41, 5.74) is 10.0. The van der Waals surface area contributed by atoms with Gasteiger partial charge in [0.2, 0.25) is 0 Å². The Labute approximate surface area is 181 Å². The summed E-state index contributed by atoms with van der Waals surface area (Å²) in [4.78, 5) is 6.36. The smallest absolute Gasteiger partial charge is 0.173 e. The van der Waals surface area contributed by atoms with E-state index in [4.69, 9.17) is 10.5 Å². The van der Waals surface area contributed by atoms with Crippen LogP contribution in [0.2, 0.25) is 0 Å². The third-order valence-corrected chi connectivity index (χ3v) is 5.88. The minimum Gasteiger partial charge on any atom is -0.487 e. The van der Waals surface area contributed by atoms with Crippen LogP contribution in [0.4, 0.5) is 21.5 Å². The highest BCUT2D eigenvalue weighted by Gasteiger charge is 2.42. The van der Waals surface area contributed by atoms with Crippen molar-refractivity contribution in [2.24, 2.45) is 0 Å². The van der Waals surface area contributed by atoms with Crippen molar-refractivity contribution in [2.75, 3.05) is 29.1 Å². The summed E-state index contributed by atoms with van der Waals surface area (Å²) in [5.74, 6) is -0.174. The highest BCUT2D eigenvalue weighted by molar-refractivity contribution is 6.01. The zero-order chi connectivity index (χ0) is 22.3. The molecule has 0 amide bonds. The first-order valence-electron chi connectivity index (χ1n) is 10.3. The Bertz CT molecular complexity index is 1150. The number of nitrogen functional groups attached to an aromatic ring is 1. The molecule has 1 aromatic carbocycles. The minimum atomic E-state index is -0.581. The lowest BCUT2D eigenvalue weighted by atomic mass is 9.88. The zero-order valence-corrected chi connectivity index (χ0v) is 18.1. The maximum Gasteiger partial charge on any atom is 0.173 e. The maximum atomic E-state index is 15.4. The average Bonchev–Trinajstić information content (AvgIpc) is 2.74. The predicted octanol–water partition coefficient (Wildman–Crippen LogP) is 4.57. The molecule has 3 N–H and O–H groups in total. The van der Waals surface area contributed by atoms with E-state index >= 15 is 4.39 Å². The van der Waals surface area contributed by atoms with Crippen molar-refractivity contribution in [3.63, 3.8) is 0 Å². The number of nitrogens with two attached hydrogens (primary N) is 1. The molecule has 2 aliphatic rings. The number of nitriles is 1. The molecule has 0 spiro atoms. The van der Waals surface area contributed by atoms with Crippen molar-refractivity contribution in [3.05, 3.63) is 59.3 Å². The molecule has 6 nitrogen and oxygen atoms in total. The Morgan fingerprint density at radius 2 is 2.23 bits per heavy atom. The average molecular weight is 420 g/mol. The lowest BCUT2D eigenvalue weighted by Gasteiger charge is -2.46. The number of aryl methyl sites for hydroxylation is 2. The Balaban J connectivity index is 1.67. The first-order valence-corrected chi connectivity index (χ1v) is 10.3. The van der Waals surface area contributed by atoms with Crippen LogP contribution in [-0.2, 0) is 6.42 Å². The fourth-order valence-corrected chi connectivity index (χ4v) is 4.08. The molecular weight excluding hydrogens is 393 g/mol. The molecular formula is C24H26FN5O. The molecule has 0 aliphatic carbocycles. The van der Waals surface area contributed by atoms with E-state index in [1.165, 1.54) is 0 Å². The minimum absolute atomic E-state index is 0.0287. The second-order valence-electron chi connectivity index (χ2n) is 8.56. The van der Waals surface area contributed by atoms with Crippen molar-refractivity contribution in [1.82, 2.24) is 4.98 Å². The fraction of sp³-hybridized carbons (Fsp3) is 0.333. The second kappa shape index (κ2) is 7.62. The van der Waals surface area contributed by atoms with Gasteiger partial charge in [0, 0.05) is 30.2 Å². The summed E-state index contributed by atoms with van der Waals surface area (Å²) in [7, 11) is 0. The van der Waals surface area contributed by atoms with Crippen molar-refractivity contribution in [1.29, 1.82) is 5.26 Å². The molecule has 0 radical (unpaired) electrons. The molecule has 2 aromatic rings. The van der Waals surface area contributed by atoms with Gasteiger partial charge in [-0.3, -0.25) is 4.98 Å². The first kappa shape index (κ1) is 20.7. The van der Waals surface area contributed by atoms with Gasteiger partial charge in [0.05, 0.1) is 22.5 Å². The third-order valence-electron chi connectivity index (χ3n) is 5.88. The molecule has 1 aromatic heterocycles. The summed E-state index contributed by atoms with van der Waals surface area (Å²) >= 11 is 0. The van der Waals surface area contributed by atoms with E-state index in [1.807, 2.05) is 37.8 Å². The summed E-state index contributed by atoms with van der Waals surface area (Å²) < 4.78 is 21.4. The number of rotatable bonds is 5. The summed E-state index contributed by atoms with van der Waals surface area (Å²) in [6, 6.07) is 6.09. The van der Waals surface area contributed by atoms with E-state index < -0.39 is 11.4 Å². The number of hydrogen-bond acceptors (Lipinski definition) is 6.